The van der Waals surface area contributed by atoms with Crippen LogP contribution in [0.2, 0.25) is 0 Å². The second kappa shape index (κ2) is 4.92. The predicted molar refractivity (Wildman–Crippen MR) is 69.7 cm³/mol. The van der Waals surface area contributed by atoms with Crippen molar-refractivity contribution in [2.75, 3.05) is 0 Å². The molecular weight excluding hydrogens is 264 g/mol. The summed E-state index contributed by atoms with van der Waals surface area (Å²) >= 11 is 1.44. The second-order valence-electron chi connectivity index (χ2n) is 5.18. The largest absolute Gasteiger partial charge is 0.481 e. The van der Waals surface area contributed by atoms with Crippen LogP contribution in [0.3, 0.4) is 0 Å². The SMILES string of the molecule is O=C(O)C1CCCC(=O)N(C2CC2)C1c1nccs1. The molecule has 1 saturated carbocycles. The number of amides is 1. The van der Waals surface area contributed by atoms with Crippen molar-refractivity contribution in [3.63, 3.8) is 0 Å². The van der Waals surface area contributed by atoms with Gasteiger partial charge in [-0.05, 0) is 25.7 Å². The lowest BCUT2D eigenvalue weighted by Gasteiger charge is -2.32. The Morgan fingerprint density at radius 2 is 2.21 bits per heavy atom. The Balaban J connectivity index is 2.01. The van der Waals surface area contributed by atoms with Gasteiger partial charge in [0.15, 0.2) is 0 Å². The lowest BCUT2D eigenvalue weighted by molar-refractivity contribution is -0.146. The van der Waals surface area contributed by atoms with Crippen LogP contribution in [-0.4, -0.2) is 32.9 Å². The molecule has 1 saturated heterocycles. The number of rotatable bonds is 3. The molecule has 6 heteroatoms. The molecule has 2 aliphatic rings. The molecule has 1 aliphatic carbocycles. The summed E-state index contributed by atoms with van der Waals surface area (Å²) in [6, 6.07) is -0.152. The van der Waals surface area contributed by atoms with E-state index in [0.717, 1.165) is 17.8 Å². The van der Waals surface area contributed by atoms with E-state index in [-0.39, 0.29) is 18.0 Å². The summed E-state index contributed by atoms with van der Waals surface area (Å²) in [7, 11) is 0. The summed E-state index contributed by atoms with van der Waals surface area (Å²) in [6.07, 6.45) is 5.32. The fourth-order valence-electron chi connectivity index (χ4n) is 2.82. The molecule has 0 aromatic carbocycles. The normalized spacial score (nSPS) is 28.2. The Morgan fingerprint density at radius 3 is 2.79 bits per heavy atom. The van der Waals surface area contributed by atoms with Gasteiger partial charge in [0.2, 0.25) is 5.91 Å². The topological polar surface area (TPSA) is 70.5 Å². The van der Waals surface area contributed by atoms with E-state index < -0.39 is 11.9 Å². The first-order valence-electron chi connectivity index (χ1n) is 6.62. The molecule has 1 amide bonds. The fourth-order valence-corrected chi connectivity index (χ4v) is 3.62. The van der Waals surface area contributed by atoms with Crippen molar-refractivity contribution in [1.29, 1.82) is 0 Å². The third kappa shape index (κ3) is 2.36. The highest BCUT2D eigenvalue weighted by molar-refractivity contribution is 7.09. The van der Waals surface area contributed by atoms with Gasteiger partial charge in [-0.2, -0.15) is 0 Å². The summed E-state index contributed by atoms with van der Waals surface area (Å²) < 4.78 is 0. The van der Waals surface area contributed by atoms with Gasteiger partial charge < -0.3 is 10.0 Å². The van der Waals surface area contributed by atoms with Crippen LogP contribution in [0.1, 0.15) is 43.2 Å². The lowest BCUT2D eigenvalue weighted by atomic mass is 9.95. The zero-order chi connectivity index (χ0) is 13.4. The third-order valence-corrected chi connectivity index (χ3v) is 4.68. The first-order valence-corrected chi connectivity index (χ1v) is 7.50. The van der Waals surface area contributed by atoms with Gasteiger partial charge in [0, 0.05) is 24.0 Å². The zero-order valence-corrected chi connectivity index (χ0v) is 11.3. The van der Waals surface area contributed by atoms with Crippen molar-refractivity contribution in [2.24, 2.45) is 5.92 Å². The Labute approximate surface area is 115 Å². The smallest absolute Gasteiger partial charge is 0.309 e. The number of carboxylic acid groups (broad SMARTS) is 1. The number of thiazole rings is 1. The number of carboxylic acids is 1. The first-order chi connectivity index (χ1) is 9.18. The molecule has 2 fully saturated rings. The molecule has 1 aliphatic heterocycles. The lowest BCUT2D eigenvalue weighted by Crippen LogP contribution is -2.40. The highest BCUT2D eigenvalue weighted by Crippen LogP contribution is 2.43. The Kier molecular flexibility index (Phi) is 3.26. The maximum atomic E-state index is 12.3. The summed E-state index contributed by atoms with van der Waals surface area (Å²) in [5, 5.41) is 12.1. The van der Waals surface area contributed by atoms with Crippen LogP contribution in [0.15, 0.2) is 11.6 Å². The highest BCUT2D eigenvalue weighted by Gasteiger charge is 2.45. The molecule has 2 atom stereocenters. The summed E-state index contributed by atoms with van der Waals surface area (Å²) in [5.41, 5.74) is 0. The van der Waals surface area contributed by atoms with Crippen LogP contribution in [0.4, 0.5) is 0 Å². The minimum Gasteiger partial charge on any atom is -0.481 e. The van der Waals surface area contributed by atoms with Gasteiger partial charge in [-0.3, -0.25) is 9.59 Å². The van der Waals surface area contributed by atoms with Crippen molar-refractivity contribution in [3.05, 3.63) is 16.6 Å². The van der Waals surface area contributed by atoms with Crippen molar-refractivity contribution in [3.8, 4) is 0 Å². The quantitative estimate of drug-likeness (QED) is 0.920. The average Bonchev–Trinajstić information content (AvgIpc) is 3.09. The highest BCUT2D eigenvalue weighted by atomic mass is 32.1. The van der Waals surface area contributed by atoms with E-state index in [1.54, 1.807) is 6.20 Å². The van der Waals surface area contributed by atoms with E-state index >= 15 is 0 Å². The molecule has 3 rings (SSSR count). The number of hydrogen-bond donors (Lipinski definition) is 1. The molecule has 102 valence electrons. The number of carbonyl (C=O) groups is 2. The molecule has 0 radical (unpaired) electrons. The number of nitrogens with zero attached hydrogens (tertiary/aromatic N) is 2. The van der Waals surface area contributed by atoms with E-state index in [4.69, 9.17) is 0 Å². The van der Waals surface area contributed by atoms with Crippen LogP contribution >= 0.6 is 11.3 Å². The summed E-state index contributed by atoms with van der Waals surface area (Å²) in [6.45, 7) is 0. The predicted octanol–water partition coefficient (Wildman–Crippen LogP) is 2.06. The summed E-state index contributed by atoms with van der Waals surface area (Å²) in [4.78, 5) is 29.9. The first kappa shape index (κ1) is 12.6. The van der Waals surface area contributed by atoms with Crippen LogP contribution in [0, 0.1) is 5.92 Å². The molecule has 0 bridgehead atoms. The Bertz CT molecular complexity index is 484. The third-order valence-electron chi connectivity index (χ3n) is 3.84. The van der Waals surface area contributed by atoms with Crippen LogP contribution in [-0.2, 0) is 9.59 Å². The van der Waals surface area contributed by atoms with Gasteiger partial charge in [-0.25, -0.2) is 4.98 Å². The van der Waals surface area contributed by atoms with Crippen LogP contribution in [0.25, 0.3) is 0 Å². The number of likely N-dealkylation sites (tertiary alicyclic amines) is 1. The number of aliphatic carboxylic acids is 1. The maximum Gasteiger partial charge on any atom is 0.309 e. The van der Waals surface area contributed by atoms with E-state index in [0.29, 0.717) is 19.3 Å². The number of carbonyl (C=O) groups excluding carboxylic acids is 1. The molecule has 1 N–H and O–H groups in total. The molecule has 5 nitrogen and oxygen atoms in total. The van der Waals surface area contributed by atoms with Crippen molar-refractivity contribution in [1.82, 2.24) is 9.88 Å². The van der Waals surface area contributed by atoms with Gasteiger partial charge in [-0.15, -0.1) is 11.3 Å². The number of aromatic nitrogens is 1. The van der Waals surface area contributed by atoms with Gasteiger partial charge in [-0.1, -0.05) is 0 Å². The Hall–Kier alpha value is -1.43. The van der Waals surface area contributed by atoms with Gasteiger partial charge in [0.1, 0.15) is 5.01 Å². The van der Waals surface area contributed by atoms with E-state index in [1.165, 1.54) is 11.3 Å². The molecule has 1 aromatic heterocycles. The van der Waals surface area contributed by atoms with Gasteiger partial charge in [0.25, 0.3) is 0 Å². The van der Waals surface area contributed by atoms with Crippen LogP contribution in [0.5, 0.6) is 0 Å². The van der Waals surface area contributed by atoms with Crippen molar-refractivity contribution >= 4 is 23.2 Å². The van der Waals surface area contributed by atoms with E-state index in [9.17, 15) is 14.7 Å². The average molecular weight is 280 g/mol. The van der Waals surface area contributed by atoms with Crippen molar-refractivity contribution < 1.29 is 14.7 Å². The molecule has 0 spiro atoms. The van der Waals surface area contributed by atoms with Gasteiger partial charge >= 0.3 is 5.97 Å². The monoisotopic (exact) mass is 280 g/mol. The molecule has 2 heterocycles. The minimum atomic E-state index is -0.819. The molecule has 1 aromatic rings. The van der Waals surface area contributed by atoms with E-state index in [2.05, 4.69) is 4.98 Å². The molecular formula is C13H16N2O3S. The number of hydrogen-bond acceptors (Lipinski definition) is 4. The van der Waals surface area contributed by atoms with Gasteiger partial charge in [0.05, 0.1) is 12.0 Å². The summed E-state index contributed by atoms with van der Waals surface area (Å²) in [5.74, 6) is -1.26. The van der Waals surface area contributed by atoms with Crippen molar-refractivity contribution in [2.45, 2.75) is 44.2 Å². The maximum absolute atomic E-state index is 12.3. The van der Waals surface area contributed by atoms with E-state index in [1.807, 2.05) is 10.3 Å². The molecule has 2 unspecified atom stereocenters. The second-order valence-corrected chi connectivity index (χ2v) is 6.11. The molecule has 19 heavy (non-hydrogen) atoms. The zero-order valence-electron chi connectivity index (χ0n) is 10.5. The standard InChI is InChI=1S/C13H16N2O3S/c16-10-3-1-2-9(13(17)18)11(12-14-6-7-19-12)15(10)8-4-5-8/h6-9,11H,1-5H2,(H,17,18). The van der Waals surface area contributed by atoms with Crippen LogP contribution < -0.4 is 0 Å². The minimum absolute atomic E-state index is 0.0893. The Morgan fingerprint density at radius 1 is 1.42 bits per heavy atom. The fraction of sp³-hybridized carbons (Fsp3) is 0.615.